The van der Waals surface area contributed by atoms with Crippen molar-refractivity contribution in [2.24, 2.45) is 0 Å². The summed E-state index contributed by atoms with van der Waals surface area (Å²) in [6, 6.07) is 6.85. The largest absolute Gasteiger partial charge is 0.416 e. The fourth-order valence-corrected chi connectivity index (χ4v) is 6.26. The van der Waals surface area contributed by atoms with Gasteiger partial charge in [0.2, 0.25) is 5.91 Å². The minimum Gasteiger partial charge on any atom is -0.336 e. The predicted octanol–water partition coefficient (Wildman–Crippen LogP) is 7.53. The van der Waals surface area contributed by atoms with E-state index in [0.717, 1.165) is 41.3 Å². The highest BCUT2D eigenvalue weighted by atomic mass is 32.2. The molecule has 0 fully saturated rings. The van der Waals surface area contributed by atoms with Crippen molar-refractivity contribution in [3.8, 4) is 11.1 Å². The molecular formula is C37H40F4N4O2S. The standard InChI is InChI=1S/C37H40F4N4O2S/c1-4-43(5-2)19-20-44(22-27-11-18-31(25(3)21-27)28-12-14-29(15-13-28)37(39,40)41)34(46)23-45-33-8-6-7-32(33)35(47)42-36(45)48-24-26-9-16-30(38)17-10-26/h9-18,21H,4-8,19-20,22-24H2,1-3H3/i11D,18D,21D,22D2,24D2. The Morgan fingerprint density at radius 3 is 2.40 bits per heavy atom. The molecule has 0 saturated carbocycles. The van der Waals surface area contributed by atoms with E-state index in [-0.39, 0.29) is 40.5 Å². The van der Waals surface area contributed by atoms with E-state index in [1.807, 2.05) is 18.7 Å². The zero-order valence-corrected chi connectivity index (χ0v) is 27.6. The molecule has 0 N–H and O–H groups in total. The smallest absolute Gasteiger partial charge is 0.336 e. The van der Waals surface area contributed by atoms with Crippen LogP contribution in [0.3, 0.4) is 0 Å². The molecule has 0 saturated heterocycles. The Morgan fingerprint density at radius 2 is 1.73 bits per heavy atom. The van der Waals surface area contributed by atoms with E-state index in [4.69, 9.17) is 6.85 Å². The fraction of sp³-hybridized carbons (Fsp3) is 0.378. The molecule has 1 aliphatic rings. The van der Waals surface area contributed by atoms with Gasteiger partial charge in [0.05, 0.1) is 12.4 Å². The first-order valence-electron chi connectivity index (χ1n) is 19.1. The summed E-state index contributed by atoms with van der Waals surface area (Å²) in [6.07, 6.45) is -3.31. The monoisotopic (exact) mass is 687 g/mol. The van der Waals surface area contributed by atoms with Crippen LogP contribution in [0, 0.1) is 12.7 Å². The molecular weight excluding hydrogens is 640 g/mol. The van der Waals surface area contributed by atoms with Gasteiger partial charge in [-0.05, 0) is 91.4 Å². The van der Waals surface area contributed by atoms with Gasteiger partial charge in [-0.2, -0.15) is 18.2 Å². The van der Waals surface area contributed by atoms with Crippen molar-refractivity contribution >= 4 is 17.7 Å². The molecule has 6 nitrogen and oxygen atoms in total. The molecule has 48 heavy (non-hydrogen) atoms. The Kier molecular flexibility index (Phi) is 8.70. The van der Waals surface area contributed by atoms with E-state index in [0.29, 0.717) is 55.4 Å². The van der Waals surface area contributed by atoms with E-state index >= 15 is 0 Å². The molecule has 5 rings (SSSR count). The number of benzene rings is 3. The van der Waals surface area contributed by atoms with Crippen molar-refractivity contribution in [2.45, 2.75) is 70.1 Å². The molecule has 1 aliphatic carbocycles. The third-order valence-electron chi connectivity index (χ3n) is 8.18. The maximum absolute atomic E-state index is 14.6. The zero-order chi connectivity index (χ0) is 40.6. The van der Waals surface area contributed by atoms with Crippen LogP contribution in [0.1, 0.15) is 63.4 Å². The Bertz CT molecular complexity index is 2100. The van der Waals surface area contributed by atoms with Crippen LogP contribution in [0.25, 0.3) is 11.1 Å². The van der Waals surface area contributed by atoms with Crippen LogP contribution in [0.4, 0.5) is 17.6 Å². The minimum absolute atomic E-state index is 0.0173. The van der Waals surface area contributed by atoms with Crippen LogP contribution in [0.2, 0.25) is 0 Å². The van der Waals surface area contributed by atoms with Gasteiger partial charge >= 0.3 is 6.18 Å². The molecule has 0 bridgehead atoms. The summed E-state index contributed by atoms with van der Waals surface area (Å²) in [6.45, 7) is 2.79. The predicted molar refractivity (Wildman–Crippen MR) is 181 cm³/mol. The summed E-state index contributed by atoms with van der Waals surface area (Å²) in [5, 5.41) is -0.148. The van der Waals surface area contributed by atoms with E-state index in [1.54, 1.807) is 0 Å². The van der Waals surface area contributed by atoms with Gasteiger partial charge in [0.25, 0.3) is 5.56 Å². The zero-order valence-electron chi connectivity index (χ0n) is 33.8. The van der Waals surface area contributed by atoms with Crippen molar-refractivity contribution in [1.82, 2.24) is 19.4 Å². The molecule has 0 atom stereocenters. The number of fused-ring (bicyclic) bond motifs is 1. The minimum atomic E-state index is -4.61. The molecule has 1 heterocycles. The van der Waals surface area contributed by atoms with Crippen molar-refractivity contribution in [3.63, 3.8) is 0 Å². The lowest BCUT2D eigenvalue weighted by molar-refractivity contribution is -0.137. The summed E-state index contributed by atoms with van der Waals surface area (Å²) in [5.41, 5.74) is -3.30. The number of likely N-dealkylation sites (N-methyl/N-ethyl adjacent to an activating group) is 1. The van der Waals surface area contributed by atoms with Crippen LogP contribution in [0.15, 0.2) is 76.6 Å². The number of carbonyl (C=O) groups excluding carboxylic acids is 1. The van der Waals surface area contributed by atoms with E-state index < -0.39 is 71.5 Å². The number of hydrogen-bond acceptors (Lipinski definition) is 5. The lowest BCUT2D eigenvalue weighted by Crippen LogP contribution is -2.40. The van der Waals surface area contributed by atoms with Crippen molar-refractivity contribution in [2.75, 3.05) is 26.2 Å². The van der Waals surface area contributed by atoms with Gasteiger partial charge < -0.3 is 14.4 Å². The maximum Gasteiger partial charge on any atom is 0.416 e. The van der Waals surface area contributed by atoms with Crippen molar-refractivity contribution < 1.29 is 32.0 Å². The second-order valence-corrected chi connectivity index (χ2v) is 12.1. The number of alkyl halides is 3. The summed E-state index contributed by atoms with van der Waals surface area (Å²) >= 11 is 0.548. The van der Waals surface area contributed by atoms with Crippen molar-refractivity contribution in [3.05, 3.63) is 116 Å². The normalized spacial score (nSPS) is 15.5. The summed E-state index contributed by atoms with van der Waals surface area (Å²) in [7, 11) is 0. The summed E-state index contributed by atoms with van der Waals surface area (Å²) < 4.78 is 118. The number of aromatic nitrogens is 2. The molecule has 0 unspecified atom stereocenters. The highest BCUT2D eigenvalue weighted by Gasteiger charge is 2.30. The molecule has 11 heteroatoms. The number of hydrogen-bond donors (Lipinski definition) is 0. The van der Waals surface area contributed by atoms with Crippen LogP contribution in [0.5, 0.6) is 0 Å². The SMILES string of the molecule is [2H]c1c([2H])c(C([2H])([2H])N(CCN(CC)CC)C(=O)Cn2c(SC([2H])([2H])c3ccc(F)cc3)nc(=O)c3c2CCC3)c([2H])c(C)c1-c1ccc(C(F)(F)F)cc1. The Hall–Kier alpha value is -3.96. The van der Waals surface area contributed by atoms with E-state index in [1.165, 1.54) is 23.6 Å². The Balaban J connectivity index is 1.60. The average Bonchev–Trinajstić information content (AvgIpc) is 3.62. The molecule has 1 amide bonds. The second kappa shape index (κ2) is 15.5. The highest BCUT2D eigenvalue weighted by Crippen LogP contribution is 2.32. The number of carbonyl (C=O) groups is 1. The van der Waals surface area contributed by atoms with Crippen LogP contribution in [-0.2, 0) is 42.6 Å². The maximum atomic E-state index is 14.6. The third kappa shape index (κ3) is 8.54. The molecule has 0 spiro atoms. The molecule has 0 radical (unpaired) electrons. The molecule has 0 aliphatic heterocycles. The summed E-state index contributed by atoms with van der Waals surface area (Å²) in [5.74, 6) is -1.41. The first kappa shape index (κ1) is 26.9. The average molecular weight is 688 g/mol. The Labute approximate surface area is 292 Å². The van der Waals surface area contributed by atoms with Gasteiger partial charge in [-0.15, -0.1) is 0 Å². The number of thioether (sulfide) groups is 1. The van der Waals surface area contributed by atoms with E-state index in [9.17, 15) is 29.9 Å². The molecule has 3 aromatic carbocycles. The van der Waals surface area contributed by atoms with Crippen molar-refractivity contribution in [1.29, 1.82) is 0 Å². The number of halogens is 4. The topological polar surface area (TPSA) is 58.4 Å². The van der Waals surface area contributed by atoms with Gasteiger partial charge in [-0.25, -0.2) is 4.39 Å². The van der Waals surface area contributed by atoms with Gasteiger partial charge in [0.15, 0.2) is 5.16 Å². The van der Waals surface area contributed by atoms with Crippen LogP contribution < -0.4 is 5.56 Å². The fourth-order valence-electron chi connectivity index (χ4n) is 5.50. The summed E-state index contributed by atoms with van der Waals surface area (Å²) in [4.78, 5) is 34.6. The number of nitrogens with zero attached hydrogens (tertiary/aromatic N) is 4. The molecule has 4 aromatic rings. The quantitative estimate of drug-likeness (QED) is 0.0827. The lowest BCUT2D eigenvalue weighted by atomic mass is 9.97. The number of amides is 1. The molecule has 1 aromatic heterocycles. The van der Waals surface area contributed by atoms with Gasteiger partial charge in [-0.3, -0.25) is 9.59 Å². The highest BCUT2D eigenvalue weighted by molar-refractivity contribution is 7.98. The first-order chi connectivity index (χ1) is 25.7. The third-order valence-corrected chi connectivity index (χ3v) is 9.01. The second-order valence-electron chi connectivity index (χ2n) is 11.3. The van der Waals surface area contributed by atoms with Gasteiger partial charge in [0.1, 0.15) is 12.4 Å². The lowest BCUT2D eigenvalue weighted by Gasteiger charge is -2.28. The molecule has 254 valence electrons. The number of rotatable bonds is 13. The van der Waals surface area contributed by atoms with E-state index in [2.05, 4.69) is 4.98 Å². The van der Waals surface area contributed by atoms with Crippen LogP contribution >= 0.6 is 11.8 Å². The van der Waals surface area contributed by atoms with Gasteiger partial charge in [0, 0.05) is 39.3 Å². The van der Waals surface area contributed by atoms with Gasteiger partial charge in [-0.1, -0.05) is 68.0 Å². The Morgan fingerprint density at radius 1 is 1.02 bits per heavy atom. The van der Waals surface area contributed by atoms with Crippen LogP contribution in [-0.4, -0.2) is 51.4 Å². The first-order valence-corrected chi connectivity index (χ1v) is 16.4.